The minimum absolute atomic E-state index is 0.0436. The fourth-order valence-corrected chi connectivity index (χ4v) is 2.81. The molecule has 0 spiro atoms. The minimum atomic E-state index is 0.0436. The SMILES string of the molecule is CC[C@H](COC)N[C@@H]1CC(=O)N(C)[C@H]1c1cccnc1. The number of hydrogen-bond donors (Lipinski definition) is 1. The predicted octanol–water partition coefficient (Wildman–Crippen LogP) is 1.37. The molecule has 0 unspecified atom stereocenters. The number of hydrogen-bond acceptors (Lipinski definition) is 4. The number of ether oxygens (including phenoxy) is 1. The smallest absolute Gasteiger partial charge is 0.224 e. The van der Waals surface area contributed by atoms with Crippen molar-refractivity contribution in [2.45, 2.75) is 37.9 Å². The van der Waals surface area contributed by atoms with Crippen molar-refractivity contribution in [3.8, 4) is 0 Å². The van der Waals surface area contributed by atoms with Crippen LogP contribution in [0.25, 0.3) is 0 Å². The molecule has 0 radical (unpaired) electrons. The summed E-state index contributed by atoms with van der Waals surface area (Å²) in [6, 6.07) is 4.36. The van der Waals surface area contributed by atoms with Crippen molar-refractivity contribution in [1.29, 1.82) is 0 Å². The monoisotopic (exact) mass is 277 g/mol. The van der Waals surface area contributed by atoms with Crippen LogP contribution >= 0.6 is 0 Å². The Kier molecular flexibility index (Phi) is 5.09. The third-order valence-electron chi connectivity index (χ3n) is 3.92. The molecule has 1 aliphatic heterocycles. The molecule has 1 fully saturated rings. The molecule has 5 nitrogen and oxygen atoms in total. The van der Waals surface area contributed by atoms with Crippen molar-refractivity contribution in [2.75, 3.05) is 20.8 Å². The van der Waals surface area contributed by atoms with Gasteiger partial charge in [-0.3, -0.25) is 9.78 Å². The van der Waals surface area contributed by atoms with Gasteiger partial charge in [0.1, 0.15) is 0 Å². The van der Waals surface area contributed by atoms with Crippen LogP contribution in [-0.4, -0.2) is 48.6 Å². The Morgan fingerprint density at radius 3 is 3.00 bits per heavy atom. The summed E-state index contributed by atoms with van der Waals surface area (Å²) in [5, 5.41) is 3.56. The number of amides is 1. The third-order valence-corrected chi connectivity index (χ3v) is 3.92. The van der Waals surface area contributed by atoms with Crippen LogP contribution in [0.4, 0.5) is 0 Å². The molecular formula is C15H23N3O2. The standard InChI is InChI=1S/C15H23N3O2/c1-4-12(10-20-3)17-13-8-14(19)18(2)15(13)11-6-5-7-16-9-11/h5-7,9,12-13,15,17H,4,8,10H2,1-3H3/t12-,13-,15+/m1/s1. The molecule has 1 N–H and O–H groups in total. The molecule has 2 rings (SSSR count). The zero-order chi connectivity index (χ0) is 14.5. The molecule has 0 aromatic carbocycles. The first-order valence-corrected chi connectivity index (χ1v) is 7.08. The summed E-state index contributed by atoms with van der Waals surface area (Å²) in [5.74, 6) is 0.170. The average Bonchev–Trinajstić information content (AvgIpc) is 2.74. The van der Waals surface area contributed by atoms with E-state index in [1.165, 1.54) is 0 Å². The first-order valence-electron chi connectivity index (χ1n) is 7.08. The normalized spacial score (nSPS) is 24.1. The summed E-state index contributed by atoms with van der Waals surface area (Å²) >= 11 is 0. The maximum Gasteiger partial charge on any atom is 0.224 e. The lowest BCUT2D eigenvalue weighted by molar-refractivity contribution is -0.127. The van der Waals surface area contributed by atoms with Crippen molar-refractivity contribution in [3.05, 3.63) is 30.1 Å². The van der Waals surface area contributed by atoms with Gasteiger partial charge in [-0.2, -0.15) is 0 Å². The fourth-order valence-electron chi connectivity index (χ4n) is 2.81. The van der Waals surface area contributed by atoms with Crippen molar-refractivity contribution in [2.24, 2.45) is 0 Å². The maximum absolute atomic E-state index is 12.0. The second-order valence-corrected chi connectivity index (χ2v) is 5.27. The zero-order valence-electron chi connectivity index (χ0n) is 12.4. The molecule has 5 heteroatoms. The number of nitrogens with zero attached hydrogens (tertiary/aromatic N) is 2. The van der Waals surface area contributed by atoms with E-state index < -0.39 is 0 Å². The van der Waals surface area contributed by atoms with E-state index in [4.69, 9.17) is 4.74 Å². The topological polar surface area (TPSA) is 54.5 Å². The van der Waals surface area contributed by atoms with Gasteiger partial charge in [0.2, 0.25) is 5.91 Å². The van der Waals surface area contributed by atoms with Crippen LogP contribution in [0.5, 0.6) is 0 Å². The van der Waals surface area contributed by atoms with Crippen molar-refractivity contribution >= 4 is 5.91 Å². The number of carbonyl (C=O) groups excluding carboxylic acids is 1. The van der Waals surface area contributed by atoms with Crippen LogP contribution in [-0.2, 0) is 9.53 Å². The Balaban J connectivity index is 2.16. The average molecular weight is 277 g/mol. The second kappa shape index (κ2) is 6.81. The quantitative estimate of drug-likeness (QED) is 0.853. The van der Waals surface area contributed by atoms with Crippen molar-refractivity contribution in [3.63, 3.8) is 0 Å². The van der Waals surface area contributed by atoms with Crippen LogP contribution < -0.4 is 5.32 Å². The molecule has 1 saturated heterocycles. The van der Waals surface area contributed by atoms with Gasteiger partial charge < -0.3 is 15.0 Å². The number of rotatable bonds is 6. The Morgan fingerprint density at radius 2 is 2.40 bits per heavy atom. The second-order valence-electron chi connectivity index (χ2n) is 5.27. The van der Waals surface area contributed by atoms with E-state index in [1.807, 2.05) is 30.3 Å². The lowest BCUT2D eigenvalue weighted by Crippen LogP contribution is -2.43. The minimum Gasteiger partial charge on any atom is -0.383 e. The Labute approximate surface area is 120 Å². The van der Waals surface area contributed by atoms with Crippen LogP contribution in [0.3, 0.4) is 0 Å². The molecule has 0 saturated carbocycles. The highest BCUT2D eigenvalue weighted by Gasteiger charge is 2.39. The summed E-state index contributed by atoms with van der Waals surface area (Å²) in [6.45, 7) is 2.78. The van der Waals surface area contributed by atoms with Gasteiger partial charge in [-0.15, -0.1) is 0 Å². The molecule has 0 bridgehead atoms. The molecule has 20 heavy (non-hydrogen) atoms. The van der Waals surface area contributed by atoms with Gasteiger partial charge in [-0.25, -0.2) is 0 Å². The van der Waals surface area contributed by atoms with Crippen LogP contribution in [0.1, 0.15) is 31.4 Å². The highest BCUT2D eigenvalue weighted by Crippen LogP contribution is 2.31. The summed E-state index contributed by atoms with van der Waals surface area (Å²) < 4.78 is 5.23. The van der Waals surface area contributed by atoms with E-state index in [1.54, 1.807) is 13.3 Å². The number of likely N-dealkylation sites (tertiary alicyclic amines) is 1. The molecule has 1 amide bonds. The van der Waals surface area contributed by atoms with E-state index >= 15 is 0 Å². The molecule has 110 valence electrons. The van der Waals surface area contributed by atoms with E-state index in [-0.39, 0.29) is 24.0 Å². The molecular weight excluding hydrogens is 254 g/mol. The van der Waals surface area contributed by atoms with Gasteiger partial charge in [0.15, 0.2) is 0 Å². The van der Waals surface area contributed by atoms with Crippen LogP contribution in [0.2, 0.25) is 0 Å². The van der Waals surface area contributed by atoms with Gasteiger partial charge >= 0.3 is 0 Å². The lowest BCUT2D eigenvalue weighted by Gasteiger charge is -2.28. The van der Waals surface area contributed by atoms with Crippen molar-refractivity contribution < 1.29 is 9.53 Å². The Morgan fingerprint density at radius 1 is 1.60 bits per heavy atom. The summed E-state index contributed by atoms with van der Waals surface area (Å²) in [5.41, 5.74) is 1.07. The highest BCUT2D eigenvalue weighted by molar-refractivity contribution is 5.80. The third kappa shape index (κ3) is 3.16. The zero-order valence-corrected chi connectivity index (χ0v) is 12.4. The van der Waals surface area contributed by atoms with Crippen LogP contribution in [0, 0.1) is 0 Å². The number of nitrogens with one attached hydrogen (secondary N) is 1. The molecule has 3 atom stereocenters. The predicted molar refractivity (Wildman–Crippen MR) is 77.2 cm³/mol. The van der Waals surface area contributed by atoms with E-state index in [9.17, 15) is 4.79 Å². The fraction of sp³-hybridized carbons (Fsp3) is 0.600. The van der Waals surface area contributed by atoms with Gasteiger partial charge in [0, 0.05) is 45.1 Å². The van der Waals surface area contributed by atoms with Gasteiger partial charge in [0.25, 0.3) is 0 Å². The first-order chi connectivity index (χ1) is 9.67. The number of carbonyl (C=O) groups is 1. The van der Waals surface area contributed by atoms with Crippen molar-refractivity contribution in [1.82, 2.24) is 15.2 Å². The largest absolute Gasteiger partial charge is 0.383 e. The van der Waals surface area contributed by atoms with E-state index in [0.29, 0.717) is 13.0 Å². The molecule has 0 aliphatic carbocycles. The summed E-state index contributed by atoms with van der Waals surface area (Å²) in [6.07, 6.45) is 5.09. The van der Waals surface area contributed by atoms with E-state index in [0.717, 1.165) is 12.0 Å². The van der Waals surface area contributed by atoms with Gasteiger partial charge in [-0.05, 0) is 18.1 Å². The van der Waals surface area contributed by atoms with Gasteiger partial charge in [0.05, 0.1) is 12.6 Å². The Bertz CT molecular complexity index is 438. The summed E-state index contributed by atoms with van der Waals surface area (Å²) in [7, 11) is 3.56. The highest BCUT2D eigenvalue weighted by atomic mass is 16.5. The molecule has 1 aromatic heterocycles. The lowest BCUT2D eigenvalue weighted by atomic mass is 10.0. The first kappa shape index (κ1) is 14.9. The number of pyridine rings is 1. The molecule has 1 aliphatic rings. The number of aromatic nitrogens is 1. The van der Waals surface area contributed by atoms with Crippen LogP contribution in [0.15, 0.2) is 24.5 Å². The number of likely N-dealkylation sites (N-methyl/N-ethyl adjacent to an activating group) is 1. The molecule has 1 aromatic rings. The van der Waals surface area contributed by atoms with Gasteiger partial charge in [-0.1, -0.05) is 13.0 Å². The molecule has 2 heterocycles. The Hall–Kier alpha value is -1.46. The number of methoxy groups -OCH3 is 1. The summed E-state index contributed by atoms with van der Waals surface area (Å²) in [4.78, 5) is 18.0. The maximum atomic E-state index is 12.0. The van der Waals surface area contributed by atoms with E-state index in [2.05, 4.69) is 17.2 Å².